The Kier molecular flexibility index (Phi) is 4.90. The fourth-order valence-corrected chi connectivity index (χ4v) is 5.77. The lowest BCUT2D eigenvalue weighted by atomic mass is 9.99. The first-order valence-electron chi connectivity index (χ1n) is 8.66. The zero-order chi connectivity index (χ0) is 19.1. The molecule has 0 spiro atoms. The molecule has 1 heterocycles. The van der Waals surface area contributed by atoms with Crippen LogP contribution in [0.5, 0.6) is 0 Å². The second kappa shape index (κ2) is 6.85. The van der Waals surface area contributed by atoms with Gasteiger partial charge in [0, 0.05) is 13.1 Å². The fraction of sp³-hybridized carbons (Fsp3) is 0.350. The van der Waals surface area contributed by atoms with E-state index in [1.165, 1.54) is 4.31 Å². The summed E-state index contributed by atoms with van der Waals surface area (Å²) in [6.45, 7) is 8.01. The molecule has 3 rings (SSSR count). The van der Waals surface area contributed by atoms with Crippen molar-refractivity contribution in [2.45, 2.75) is 38.6 Å². The van der Waals surface area contributed by atoms with Crippen molar-refractivity contribution in [2.75, 3.05) is 13.1 Å². The summed E-state index contributed by atoms with van der Waals surface area (Å²) in [6, 6.07) is 10.3. The molecule has 1 aliphatic rings. The summed E-state index contributed by atoms with van der Waals surface area (Å²) < 4.78 is 28.4. The number of carbonyl (C=O) groups is 1. The van der Waals surface area contributed by atoms with Crippen LogP contribution in [0.2, 0.25) is 0 Å². The normalized spacial score (nSPS) is 18.6. The average molecular weight is 372 g/mol. The molecule has 0 bridgehead atoms. The molecule has 5 nitrogen and oxygen atoms in total. The Hall–Kier alpha value is -2.18. The molecule has 0 aliphatic carbocycles. The number of carbonyl (C=O) groups excluding carboxylic acids is 1. The van der Waals surface area contributed by atoms with Gasteiger partial charge in [-0.25, -0.2) is 8.42 Å². The highest BCUT2D eigenvalue weighted by Crippen LogP contribution is 2.34. The van der Waals surface area contributed by atoms with Crippen LogP contribution in [0.25, 0.3) is 0 Å². The molecule has 1 amide bonds. The maximum absolute atomic E-state index is 13.5. The van der Waals surface area contributed by atoms with Gasteiger partial charge in [0.05, 0.1) is 4.90 Å². The molecule has 26 heavy (non-hydrogen) atoms. The highest BCUT2D eigenvalue weighted by molar-refractivity contribution is 7.89. The predicted molar refractivity (Wildman–Crippen MR) is 101 cm³/mol. The van der Waals surface area contributed by atoms with E-state index in [0.29, 0.717) is 22.6 Å². The third-order valence-electron chi connectivity index (χ3n) is 4.82. The Bertz CT molecular complexity index is 944. The Labute approximate surface area is 155 Å². The summed E-state index contributed by atoms with van der Waals surface area (Å²) in [7, 11) is -3.81. The summed E-state index contributed by atoms with van der Waals surface area (Å²) in [5.74, 6) is -0.281. The van der Waals surface area contributed by atoms with Crippen LogP contribution < -0.4 is 5.32 Å². The van der Waals surface area contributed by atoms with Crippen molar-refractivity contribution in [3.63, 3.8) is 0 Å². The number of amides is 1. The van der Waals surface area contributed by atoms with Gasteiger partial charge in [-0.15, -0.1) is 0 Å². The van der Waals surface area contributed by atoms with Crippen molar-refractivity contribution in [2.24, 2.45) is 0 Å². The number of rotatable bonds is 3. The minimum atomic E-state index is -3.81. The van der Waals surface area contributed by atoms with Gasteiger partial charge in [-0.1, -0.05) is 42.0 Å². The number of nitrogens with one attached hydrogen (secondary N) is 1. The van der Waals surface area contributed by atoms with E-state index in [4.69, 9.17) is 0 Å². The van der Waals surface area contributed by atoms with Crippen molar-refractivity contribution >= 4 is 15.9 Å². The van der Waals surface area contributed by atoms with Crippen LogP contribution in [0.4, 0.5) is 0 Å². The van der Waals surface area contributed by atoms with E-state index >= 15 is 0 Å². The number of hydrogen-bond donors (Lipinski definition) is 1. The first-order chi connectivity index (χ1) is 12.2. The van der Waals surface area contributed by atoms with Gasteiger partial charge in [-0.2, -0.15) is 4.31 Å². The lowest BCUT2D eigenvalue weighted by Crippen LogP contribution is -2.52. The van der Waals surface area contributed by atoms with E-state index in [9.17, 15) is 13.2 Å². The number of nitrogens with zero attached hydrogens (tertiary/aromatic N) is 1. The van der Waals surface area contributed by atoms with Crippen LogP contribution >= 0.6 is 0 Å². The van der Waals surface area contributed by atoms with Crippen molar-refractivity contribution in [1.82, 2.24) is 9.62 Å². The molecule has 1 saturated heterocycles. The number of benzene rings is 2. The topological polar surface area (TPSA) is 66.5 Å². The molecule has 0 aromatic heterocycles. The van der Waals surface area contributed by atoms with Gasteiger partial charge < -0.3 is 5.32 Å². The quantitative estimate of drug-likeness (QED) is 0.901. The van der Waals surface area contributed by atoms with Gasteiger partial charge in [0.1, 0.15) is 6.04 Å². The summed E-state index contributed by atoms with van der Waals surface area (Å²) in [6.07, 6.45) is 0. The summed E-state index contributed by atoms with van der Waals surface area (Å²) in [5.41, 5.74) is 4.04. The first kappa shape index (κ1) is 18.6. The molecule has 1 N–H and O–H groups in total. The van der Waals surface area contributed by atoms with Gasteiger partial charge in [-0.05, 0) is 49.9 Å². The predicted octanol–water partition coefficient (Wildman–Crippen LogP) is 2.78. The molecule has 2 aromatic carbocycles. The smallest absolute Gasteiger partial charge is 0.244 e. The second-order valence-electron chi connectivity index (χ2n) is 6.89. The lowest BCUT2D eigenvalue weighted by molar-refractivity contribution is -0.126. The van der Waals surface area contributed by atoms with Gasteiger partial charge in [0.25, 0.3) is 0 Å². The molecule has 1 fully saturated rings. The van der Waals surface area contributed by atoms with E-state index in [1.54, 1.807) is 13.8 Å². The summed E-state index contributed by atoms with van der Waals surface area (Å²) in [5, 5.41) is 2.80. The van der Waals surface area contributed by atoms with Gasteiger partial charge in [0.15, 0.2) is 0 Å². The molecular formula is C20H24N2O3S. The zero-order valence-corrected chi connectivity index (χ0v) is 16.4. The molecule has 2 aromatic rings. The molecular weight excluding hydrogens is 348 g/mol. The molecule has 0 saturated carbocycles. The maximum Gasteiger partial charge on any atom is 0.244 e. The van der Waals surface area contributed by atoms with Crippen molar-refractivity contribution in [1.29, 1.82) is 0 Å². The van der Waals surface area contributed by atoms with Crippen molar-refractivity contribution < 1.29 is 13.2 Å². The third-order valence-corrected chi connectivity index (χ3v) is 6.99. The van der Waals surface area contributed by atoms with E-state index in [0.717, 1.165) is 16.7 Å². The zero-order valence-electron chi connectivity index (χ0n) is 15.5. The highest BCUT2D eigenvalue weighted by atomic mass is 32.2. The van der Waals surface area contributed by atoms with E-state index < -0.39 is 16.1 Å². The summed E-state index contributed by atoms with van der Waals surface area (Å²) >= 11 is 0. The Morgan fingerprint density at radius 2 is 1.62 bits per heavy atom. The highest BCUT2D eigenvalue weighted by Gasteiger charge is 2.41. The molecule has 6 heteroatoms. The molecule has 138 valence electrons. The third kappa shape index (κ3) is 3.15. The van der Waals surface area contributed by atoms with E-state index in [1.807, 2.05) is 50.2 Å². The average Bonchev–Trinajstić information content (AvgIpc) is 2.54. The van der Waals surface area contributed by atoms with Gasteiger partial charge >= 0.3 is 0 Å². The van der Waals surface area contributed by atoms with Crippen LogP contribution in [-0.4, -0.2) is 31.7 Å². The summed E-state index contributed by atoms with van der Waals surface area (Å²) in [4.78, 5) is 12.9. The van der Waals surface area contributed by atoms with Crippen LogP contribution in [0.1, 0.15) is 33.9 Å². The lowest BCUT2D eigenvalue weighted by Gasteiger charge is -2.35. The minimum absolute atomic E-state index is 0.250. The first-order valence-corrected chi connectivity index (χ1v) is 10.1. The number of aryl methyl sites for hydroxylation is 4. The van der Waals surface area contributed by atoms with Crippen LogP contribution in [-0.2, 0) is 14.8 Å². The Morgan fingerprint density at radius 1 is 1.00 bits per heavy atom. The maximum atomic E-state index is 13.5. The van der Waals surface area contributed by atoms with Gasteiger partial charge in [0.2, 0.25) is 15.9 Å². The van der Waals surface area contributed by atoms with Crippen LogP contribution in [0.3, 0.4) is 0 Å². The Balaban J connectivity index is 2.16. The standard InChI is InChI=1S/C20H24N2O3S/c1-13-11-15(3)19(16(4)12-13)26(24,25)22-10-9-21-20(23)18(22)17-8-6-5-7-14(17)2/h5-8,11-12,18H,9-10H2,1-4H3,(H,21,23). The number of sulfonamides is 1. The van der Waals surface area contributed by atoms with Crippen molar-refractivity contribution in [3.05, 3.63) is 64.2 Å². The largest absolute Gasteiger partial charge is 0.353 e. The van der Waals surface area contributed by atoms with Crippen LogP contribution in [0, 0.1) is 27.7 Å². The monoisotopic (exact) mass is 372 g/mol. The minimum Gasteiger partial charge on any atom is -0.353 e. The van der Waals surface area contributed by atoms with Gasteiger partial charge in [-0.3, -0.25) is 4.79 Å². The molecule has 1 aliphatic heterocycles. The van der Waals surface area contributed by atoms with Crippen molar-refractivity contribution in [3.8, 4) is 0 Å². The van der Waals surface area contributed by atoms with Crippen LogP contribution in [0.15, 0.2) is 41.3 Å². The SMILES string of the molecule is Cc1cc(C)c(S(=O)(=O)N2CCNC(=O)C2c2ccccc2C)c(C)c1. The second-order valence-corrected chi connectivity index (χ2v) is 8.72. The van der Waals surface area contributed by atoms with E-state index in [2.05, 4.69) is 5.32 Å². The fourth-order valence-electron chi connectivity index (χ4n) is 3.79. The number of piperazine rings is 1. The Morgan fingerprint density at radius 3 is 2.23 bits per heavy atom. The van der Waals surface area contributed by atoms with E-state index in [-0.39, 0.29) is 12.5 Å². The molecule has 0 radical (unpaired) electrons. The molecule has 1 atom stereocenters. The number of hydrogen-bond acceptors (Lipinski definition) is 3. The molecule has 1 unspecified atom stereocenters.